The number of anilines is 1. The summed E-state index contributed by atoms with van der Waals surface area (Å²) in [7, 11) is 5.60. The van der Waals surface area contributed by atoms with E-state index in [4.69, 9.17) is 0 Å². The molecular formula is C20H29FN4O2. The Hall–Kier alpha value is -2.15. The van der Waals surface area contributed by atoms with E-state index in [0.29, 0.717) is 37.2 Å². The summed E-state index contributed by atoms with van der Waals surface area (Å²) < 4.78 is 14.2. The molecule has 2 fully saturated rings. The normalized spacial score (nSPS) is 19.3. The van der Waals surface area contributed by atoms with Crippen LogP contribution >= 0.6 is 0 Å². The van der Waals surface area contributed by atoms with Crippen LogP contribution in [0.5, 0.6) is 0 Å². The van der Waals surface area contributed by atoms with E-state index < -0.39 is 5.82 Å². The molecule has 0 aliphatic carbocycles. The van der Waals surface area contributed by atoms with E-state index in [1.54, 1.807) is 36.0 Å². The Morgan fingerprint density at radius 3 is 2.19 bits per heavy atom. The lowest BCUT2D eigenvalue weighted by Crippen LogP contribution is -2.51. The monoisotopic (exact) mass is 376 g/mol. The van der Waals surface area contributed by atoms with Crippen molar-refractivity contribution in [1.82, 2.24) is 14.7 Å². The second-order valence-corrected chi connectivity index (χ2v) is 7.76. The van der Waals surface area contributed by atoms with Gasteiger partial charge < -0.3 is 19.6 Å². The molecule has 2 aliphatic heterocycles. The van der Waals surface area contributed by atoms with Crippen LogP contribution in [-0.2, 0) is 4.79 Å². The number of carbonyl (C=O) groups is 2. The molecule has 0 saturated carbocycles. The van der Waals surface area contributed by atoms with Gasteiger partial charge in [-0.2, -0.15) is 0 Å². The molecule has 2 amide bonds. The van der Waals surface area contributed by atoms with E-state index in [9.17, 15) is 14.0 Å². The molecule has 7 heteroatoms. The lowest BCUT2D eigenvalue weighted by atomic mass is 9.94. The van der Waals surface area contributed by atoms with Gasteiger partial charge >= 0.3 is 0 Å². The second kappa shape index (κ2) is 8.25. The Morgan fingerprint density at radius 2 is 1.63 bits per heavy atom. The van der Waals surface area contributed by atoms with Crippen molar-refractivity contribution in [2.45, 2.75) is 12.8 Å². The van der Waals surface area contributed by atoms with Crippen LogP contribution in [0.25, 0.3) is 0 Å². The number of amides is 2. The van der Waals surface area contributed by atoms with Crippen LogP contribution in [-0.4, -0.2) is 86.9 Å². The number of nitrogens with zero attached hydrogens (tertiary/aromatic N) is 4. The fourth-order valence-corrected chi connectivity index (χ4v) is 3.80. The number of likely N-dealkylation sites (tertiary alicyclic amines) is 1. The zero-order valence-corrected chi connectivity index (χ0v) is 16.4. The van der Waals surface area contributed by atoms with E-state index in [2.05, 4.69) is 11.9 Å². The number of carbonyl (C=O) groups excluding carboxylic acids is 2. The van der Waals surface area contributed by atoms with E-state index >= 15 is 0 Å². The molecule has 0 atom stereocenters. The summed E-state index contributed by atoms with van der Waals surface area (Å²) >= 11 is 0. The molecule has 2 aliphatic rings. The Bertz CT molecular complexity index is 693. The van der Waals surface area contributed by atoms with Crippen molar-refractivity contribution in [2.24, 2.45) is 5.92 Å². The van der Waals surface area contributed by atoms with Gasteiger partial charge in [0, 0.05) is 64.8 Å². The minimum Gasteiger partial charge on any atom is -0.375 e. The van der Waals surface area contributed by atoms with Crippen molar-refractivity contribution in [3.8, 4) is 0 Å². The van der Waals surface area contributed by atoms with Crippen LogP contribution in [0.3, 0.4) is 0 Å². The molecule has 1 aromatic carbocycles. The quantitative estimate of drug-likeness (QED) is 0.803. The fraction of sp³-hybridized carbons (Fsp3) is 0.600. The van der Waals surface area contributed by atoms with E-state index in [1.165, 1.54) is 6.07 Å². The minimum absolute atomic E-state index is 0.00897. The first-order valence-corrected chi connectivity index (χ1v) is 9.60. The number of likely N-dealkylation sites (N-methyl/N-ethyl adjacent to an activating group) is 1. The molecule has 0 unspecified atom stereocenters. The van der Waals surface area contributed by atoms with Gasteiger partial charge in [0.15, 0.2) is 0 Å². The zero-order valence-electron chi connectivity index (χ0n) is 16.4. The standard InChI is InChI=1S/C20H29FN4O2/c1-22(2)18-5-4-16(14-17(18)21)20(27)24-8-6-15(7-9-24)19(26)25-12-10-23(3)11-13-25/h4-5,14-15H,6-13H2,1-3H3. The molecule has 2 saturated heterocycles. The molecule has 0 radical (unpaired) electrons. The van der Waals surface area contributed by atoms with Crippen LogP contribution in [0.2, 0.25) is 0 Å². The molecule has 2 heterocycles. The highest BCUT2D eigenvalue weighted by molar-refractivity contribution is 5.95. The van der Waals surface area contributed by atoms with Gasteiger partial charge in [0.05, 0.1) is 5.69 Å². The van der Waals surface area contributed by atoms with Crippen molar-refractivity contribution in [3.63, 3.8) is 0 Å². The molecule has 0 spiro atoms. The summed E-state index contributed by atoms with van der Waals surface area (Å²) in [5.41, 5.74) is 0.824. The van der Waals surface area contributed by atoms with Crippen molar-refractivity contribution in [1.29, 1.82) is 0 Å². The molecule has 27 heavy (non-hydrogen) atoms. The van der Waals surface area contributed by atoms with Gasteiger partial charge in [0.1, 0.15) is 5.82 Å². The van der Waals surface area contributed by atoms with Gasteiger partial charge in [-0.25, -0.2) is 4.39 Å². The predicted octanol–water partition coefficient (Wildman–Crippen LogP) is 1.52. The predicted molar refractivity (Wildman–Crippen MR) is 103 cm³/mol. The molecule has 1 aromatic rings. The third-order valence-corrected chi connectivity index (χ3v) is 5.62. The third kappa shape index (κ3) is 4.40. The first-order chi connectivity index (χ1) is 12.9. The molecule has 0 bridgehead atoms. The lowest BCUT2D eigenvalue weighted by molar-refractivity contribution is -0.138. The number of rotatable bonds is 3. The topological polar surface area (TPSA) is 47.1 Å². The summed E-state index contributed by atoms with van der Waals surface area (Å²) in [4.78, 5) is 33.0. The maximum atomic E-state index is 14.2. The number of piperidine rings is 1. The molecule has 3 rings (SSSR count). The van der Waals surface area contributed by atoms with Crippen LogP contribution < -0.4 is 4.90 Å². The summed E-state index contributed by atoms with van der Waals surface area (Å²) in [6.07, 6.45) is 1.35. The molecule has 0 N–H and O–H groups in total. The molecule has 0 aromatic heterocycles. The summed E-state index contributed by atoms with van der Waals surface area (Å²) in [6.45, 7) is 4.48. The summed E-state index contributed by atoms with van der Waals surface area (Å²) in [5, 5.41) is 0. The van der Waals surface area contributed by atoms with Crippen LogP contribution in [0.4, 0.5) is 10.1 Å². The lowest BCUT2D eigenvalue weighted by Gasteiger charge is -2.37. The highest BCUT2D eigenvalue weighted by atomic mass is 19.1. The SMILES string of the molecule is CN1CCN(C(=O)C2CCN(C(=O)c3ccc(N(C)C)c(F)c3)CC2)CC1. The molecule has 148 valence electrons. The minimum atomic E-state index is -0.397. The Kier molecular flexibility index (Phi) is 5.99. The third-order valence-electron chi connectivity index (χ3n) is 5.62. The highest BCUT2D eigenvalue weighted by Gasteiger charge is 2.31. The first-order valence-electron chi connectivity index (χ1n) is 9.60. The van der Waals surface area contributed by atoms with Crippen molar-refractivity contribution in [2.75, 3.05) is 65.3 Å². The van der Waals surface area contributed by atoms with Gasteiger partial charge in [-0.15, -0.1) is 0 Å². The zero-order chi connectivity index (χ0) is 19.6. The Labute approximate surface area is 160 Å². The van der Waals surface area contributed by atoms with Crippen LogP contribution in [0.1, 0.15) is 23.2 Å². The van der Waals surface area contributed by atoms with Gasteiger partial charge in [0.2, 0.25) is 5.91 Å². The average molecular weight is 376 g/mol. The molecule has 6 nitrogen and oxygen atoms in total. The second-order valence-electron chi connectivity index (χ2n) is 7.76. The van der Waals surface area contributed by atoms with E-state index in [1.807, 2.05) is 4.90 Å². The molecular weight excluding hydrogens is 347 g/mol. The van der Waals surface area contributed by atoms with E-state index in [-0.39, 0.29) is 17.7 Å². The average Bonchev–Trinajstić information content (AvgIpc) is 2.67. The van der Waals surface area contributed by atoms with Gasteiger partial charge in [-0.05, 0) is 38.1 Å². The Balaban J connectivity index is 1.56. The number of halogens is 1. The van der Waals surface area contributed by atoms with Crippen molar-refractivity contribution >= 4 is 17.5 Å². The maximum absolute atomic E-state index is 14.2. The summed E-state index contributed by atoms with van der Waals surface area (Å²) in [5.74, 6) is -0.349. The summed E-state index contributed by atoms with van der Waals surface area (Å²) in [6, 6.07) is 4.60. The number of hydrogen-bond donors (Lipinski definition) is 0. The first kappa shape index (κ1) is 19.6. The fourth-order valence-electron chi connectivity index (χ4n) is 3.80. The van der Waals surface area contributed by atoms with Crippen LogP contribution in [0, 0.1) is 11.7 Å². The largest absolute Gasteiger partial charge is 0.375 e. The highest BCUT2D eigenvalue weighted by Crippen LogP contribution is 2.24. The Morgan fingerprint density at radius 1 is 1.00 bits per heavy atom. The van der Waals surface area contributed by atoms with E-state index in [0.717, 1.165) is 26.2 Å². The van der Waals surface area contributed by atoms with Gasteiger partial charge in [0.25, 0.3) is 5.91 Å². The number of benzene rings is 1. The smallest absolute Gasteiger partial charge is 0.253 e. The maximum Gasteiger partial charge on any atom is 0.253 e. The number of hydrogen-bond acceptors (Lipinski definition) is 4. The van der Waals surface area contributed by atoms with Gasteiger partial charge in [-0.1, -0.05) is 0 Å². The van der Waals surface area contributed by atoms with Crippen LogP contribution in [0.15, 0.2) is 18.2 Å². The van der Waals surface area contributed by atoms with Crippen molar-refractivity contribution in [3.05, 3.63) is 29.6 Å². The number of piperazine rings is 1. The van der Waals surface area contributed by atoms with Crippen molar-refractivity contribution < 1.29 is 14.0 Å². The van der Waals surface area contributed by atoms with Gasteiger partial charge in [-0.3, -0.25) is 9.59 Å².